The third-order valence-electron chi connectivity index (χ3n) is 1.87. The summed E-state index contributed by atoms with van der Waals surface area (Å²) in [7, 11) is 0. The molecule has 0 aliphatic carbocycles. The summed E-state index contributed by atoms with van der Waals surface area (Å²) < 4.78 is 23.4. The van der Waals surface area contributed by atoms with Crippen molar-refractivity contribution in [1.29, 1.82) is 0 Å². The predicted octanol–water partition coefficient (Wildman–Crippen LogP) is 4.00. The summed E-state index contributed by atoms with van der Waals surface area (Å²) >= 11 is -3.81. The van der Waals surface area contributed by atoms with E-state index in [9.17, 15) is 0 Å². The Labute approximate surface area is 128 Å². The van der Waals surface area contributed by atoms with E-state index < -0.39 is 18.1 Å². The topological polar surface area (TPSA) is 36.9 Å². The molecule has 0 bridgehead atoms. The van der Waals surface area contributed by atoms with Crippen molar-refractivity contribution in [3.63, 3.8) is 0 Å². The van der Waals surface area contributed by atoms with E-state index in [1.165, 1.54) is 0 Å². The van der Waals surface area contributed by atoms with Crippen LogP contribution in [-0.4, -0.2) is 25.9 Å². The zero-order valence-corrected chi connectivity index (χ0v) is 15.0. The number of hydrogen-bond donors (Lipinski definition) is 0. The molecule has 0 radical (unpaired) electrons. The molecule has 0 fully saturated rings. The Bertz CT molecular complexity index is 304. The Balaban J connectivity index is 4.97. The van der Waals surface area contributed by atoms with Crippen molar-refractivity contribution in [1.82, 2.24) is 0 Å². The summed E-state index contributed by atoms with van der Waals surface area (Å²) in [6, 6.07) is 0. The van der Waals surface area contributed by atoms with Gasteiger partial charge in [-0.05, 0) is 0 Å². The van der Waals surface area contributed by atoms with Crippen LogP contribution in [0.3, 0.4) is 0 Å². The van der Waals surface area contributed by atoms with Gasteiger partial charge in [0.05, 0.1) is 0 Å². The average Bonchev–Trinajstić information content (AvgIpc) is 2.30. The minimum atomic E-state index is -3.81. The monoisotopic (exact) mass is 320 g/mol. The molecule has 0 saturated heterocycles. The van der Waals surface area contributed by atoms with E-state index in [0.29, 0.717) is 19.8 Å². The molecule has 116 valence electrons. The Kier molecular flexibility index (Phi) is 9.55. The fourth-order valence-electron chi connectivity index (χ4n) is 1.15. The summed E-state index contributed by atoms with van der Waals surface area (Å²) in [6.07, 6.45) is -0.0460. The van der Waals surface area contributed by atoms with E-state index in [0.717, 1.165) is 16.7 Å². The van der Waals surface area contributed by atoms with Crippen LogP contribution in [0.1, 0.15) is 34.6 Å². The molecule has 0 heterocycles. The van der Waals surface area contributed by atoms with Crippen LogP contribution in [0.15, 0.2) is 36.5 Å². The molecule has 0 aromatic heterocycles. The Morgan fingerprint density at radius 1 is 0.800 bits per heavy atom. The third-order valence-corrected chi connectivity index (χ3v) is 5.39. The molecule has 5 heteroatoms. The van der Waals surface area contributed by atoms with Crippen LogP contribution >= 0.6 is 0 Å². The van der Waals surface area contributed by atoms with E-state index in [1.54, 1.807) is 0 Å². The number of hydrogen-bond acceptors (Lipinski definition) is 4. The maximum atomic E-state index is 5.89. The van der Waals surface area contributed by atoms with Gasteiger partial charge in [-0.3, -0.25) is 0 Å². The van der Waals surface area contributed by atoms with Crippen LogP contribution in [-0.2, 0) is 31.4 Å². The van der Waals surface area contributed by atoms with E-state index in [2.05, 4.69) is 19.7 Å². The van der Waals surface area contributed by atoms with Crippen molar-refractivity contribution in [2.24, 2.45) is 0 Å². The summed E-state index contributed by atoms with van der Waals surface area (Å²) in [5, 5.41) is 0. The van der Waals surface area contributed by atoms with Gasteiger partial charge in [0.1, 0.15) is 0 Å². The summed E-state index contributed by atoms with van der Waals surface area (Å²) in [4.78, 5) is 0. The average molecular weight is 320 g/mol. The van der Waals surface area contributed by atoms with Crippen LogP contribution in [0.2, 0.25) is 0 Å². The second-order valence-electron chi connectivity index (χ2n) is 5.40. The van der Waals surface area contributed by atoms with Gasteiger partial charge in [-0.2, -0.15) is 0 Å². The van der Waals surface area contributed by atoms with Crippen LogP contribution < -0.4 is 0 Å². The van der Waals surface area contributed by atoms with Crippen molar-refractivity contribution in [2.75, 3.05) is 19.8 Å². The molecule has 0 saturated carbocycles. The summed E-state index contributed by atoms with van der Waals surface area (Å²) in [6.45, 7) is 22.1. The van der Waals surface area contributed by atoms with Gasteiger partial charge in [-0.15, -0.1) is 0 Å². The van der Waals surface area contributed by atoms with Crippen molar-refractivity contribution in [3.8, 4) is 0 Å². The first-order chi connectivity index (χ1) is 9.17. The molecule has 0 aliphatic heterocycles. The molecule has 0 unspecified atom stereocenters. The van der Waals surface area contributed by atoms with E-state index in [-0.39, 0.29) is 6.10 Å². The fourth-order valence-corrected chi connectivity index (χ4v) is 4.74. The molecule has 0 spiro atoms. The molecule has 0 rings (SSSR count). The molecular formula is C15H28O4Ti. The minimum absolute atomic E-state index is 0.0460. The summed E-state index contributed by atoms with van der Waals surface area (Å²) in [5.41, 5.74) is 2.68. The standard InChI is InChI=1S/3C4H7O.C3H7O.Ti/c3*1-4(2)3-5;1-3(2)4;/h3*1,3H2,2H3;3H,1-2H3;/q4*-1;+4. The Morgan fingerprint density at radius 3 is 1.30 bits per heavy atom. The first-order valence-electron chi connectivity index (χ1n) is 6.69. The molecule has 0 aliphatic rings. The molecular weight excluding hydrogens is 292 g/mol. The van der Waals surface area contributed by atoms with Gasteiger partial charge < -0.3 is 0 Å². The first kappa shape index (κ1) is 19.8. The molecule has 0 aromatic rings. The predicted molar refractivity (Wildman–Crippen MR) is 78.5 cm³/mol. The van der Waals surface area contributed by atoms with Crippen LogP contribution in [0, 0.1) is 0 Å². The van der Waals surface area contributed by atoms with Gasteiger partial charge in [-0.1, -0.05) is 0 Å². The molecule has 0 atom stereocenters. The van der Waals surface area contributed by atoms with Crippen molar-refractivity contribution < 1.29 is 31.4 Å². The van der Waals surface area contributed by atoms with Crippen LogP contribution in [0.25, 0.3) is 0 Å². The Morgan fingerprint density at radius 2 is 1.10 bits per heavy atom. The second kappa shape index (κ2) is 9.66. The zero-order chi connectivity index (χ0) is 15.8. The summed E-state index contributed by atoms with van der Waals surface area (Å²) in [5.74, 6) is 0. The van der Waals surface area contributed by atoms with Gasteiger partial charge in [0.2, 0.25) is 0 Å². The molecule has 4 nitrogen and oxygen atoms in total. The quantitative estimate of drug-likeness (QED) is 0.426. The fraction of sp³-hybridized carbons (Fsp3) is 0.600. The van der Waals surface area contributed by atoms with Gasteiger partial charge in [0.25, 0.3) is 0 Å². The second-order valence-corrected chi connectivity index (χ2v) is 8.69. The van der Waals surface area contributed by atoms with Gasteiger partial charge in [-0.25, -0.2) is 0 Å². The molecule has 0 N–H and O–H groups in total. The van der Waals surface area contributed by atoms with Crippen LogP contribution in [0.4, 0.5) is 0 Å². The van der Waals surface area contributed by atoms with Gasteiger partial charge in [0.15, 0.2) is 0 Å². The van der Waals surface area contributed by atoms with E-state index >= 15 is 0 Å². The molecule has 0 aromatic carbocycles. The molecule has 20 heavy (non-hydrogen) atoms. The van der Waals surface area contributed by atoms with Crippen LogP contribution in [0.5, 0.6) is 0 Å². The van der Waals surface area contributed by atoms with Gasteiger partial charge >= 0.3 is 128 Å². The van der Waals surface area contributed by atoms with E-state index in [4.69, 9.17) is 13.3 Å². The number of rotatable bonds is 11. The Hall–Kier alpha value is -0.226. The zero-order valence-electron chi connectivity index (χ0n) is 13.5. The third kappa shape index (κ3) is 9.64. The normalized spacial score (nSPS) is 11.7. The van der Waals surface area contributed by atoms with Crippen molar-refractivity contribution in [2.45, 2.75) is 40.7 Å². The molecule has 0 amide bonds. The van der Waals surface area contributed by atoms with Crippen molar-refractivity contribution >= 4 is 0 Å². The SMILES string of the molecule is C=C(C)C[O][Ti]([O]CC(=C)C)([O]CC(=C)C)[O]C(C)C. The van der Waals surface area contributed by atoms with Gasteiger partial charge in [0, 0.05) is 0 Å². The maximum absolute atomic E-state index is 5.89. The first-order valence-corrected chi connectivity index (χ1v) is 9.24. The van der Waals surface area contributed by atoms with Crippen molar-refractivity contribution in [3.05, 3.63) is 36.5 Å². The van der Waals surface area contributed by atoms with E-state index in [1.807, 2.05) is 34.6 Å².